The molecule has 0 aromatic rings. The molecule has 0 N–H and O–H groups in total. The predicted octanol–water partition coefficient (Wildman–Crippen LogP) is 3.81. The van der Waals surface area contributed by atoms with Gasteiger partial charge in [-0.3, -0.25) is 0 Å². The summed E-state index contributed by atoms with van der Waals surface area (Å²) in [5, 5.41) is 0. The van der Waals surface area contributed by atoms with Gasteiger partial charge in [0.05, 0.1) is 6.10 Å². The Morgan fingerprint density at radius 3 is 2.30 bits per heavy atom. The van der Waals surface area contributed by atoms with Crippen LogP contribution < -0.4 is 0 Å². The molecule has 0 saturated heterocycles. The van der Waals surface area contributed by atoms with Crippen LogP contribution >= 0.6 is 0 Å². The number of hydrogen-bond acceptors (Lipinski definition) is 4. The van der Waals surface area contributed by atoms with Gasteiger partial charge in [-0.05, 0) is 31.9 Å². The average Bonchev–Trinajstić information content (AvgIpc) is 2.47. The zero-order valence-electron chi connectivity index (χ0n) is 13.4. The predicted molar refractivity (Wildman–Crippen MR) is 83.9 cm³/mol. The Bertz CT molecular complexity index is 269. The van der Waals surface area contributed by atoms with Gasteiger partial charge in [0.1, 0.15) is 0 Å². The second kappa shape index (κ2) is 11.1. The molecule has 0 heterocycles. The van der Waals surface area contributed by atoms with E-state index in [9.17, 15) is 4.79 Å². The van der Waals surface area contributed by atoms with E-state index in [2.05, 4.69) is 13.5 Å². The van der Waals surface area contributed by atoms with Crippen molar-refractivity contribution in [2.75, 3.05) is 14.2 Å². The van der Waals surface area contributed by atoms with Crippen LogP contribution in [0.25, 0.3) is 0 Å². The van der Waals surface area contributed by atoms with Crippen molar-refractivity contribution < 1.29 is 18.4 Å². The van der Waals surface area contributed by atoms with Gasteiger partial charge in [0.2, 0.25) is 0 Å². The first-order valence-corrected chi connectivity index (χ1v) is 9.70. The third-order valence-electron chi connectivity index (χ3n) is 3.69. The molecule has 118 valence electrons. The molecule has 0 aromatic heterocycles. The van der Waals surface area contributed by atoms with E-state index >= 15 is 0 Å². The number of hydrogen-bond donors (Lipinski definition) is 0. The summed E-state index contributed by atoms with van der Waals surface area (Å²) in [6.45, 7) is 7.44. The number of ether oxygens (including phenoxy) is 1. The summed E-state index contributed by atoms with van der Waals surface area (Å²) >= 11 is 0. The third-order valence-corrected chi connectivity index (χ3v) is 7.37. The van der Waals surface area contributed by atoms with Gasteiger partial charge < -0.3 is 13.6 Å². The zero-order chi connectivity index (χ0) is 15.4. The molecule has 20 heavy (non-hydrogen) atoms. The van der Waals surface area contributed by atoms with Crippen LogP contribution in [0.2, 0.25) is 12.1 Å². The second-order valence-electron chi connectivity index (χ2n) is 5.08. The van der Waals surface area contributed by atoms with Crippen LogP contribution in [0.15, 0.2) is 12.7 Å². The van der Waals surface area contributed by atoms with E-state index in [-0.39, 0.29) is 12.1 Å². The Morgan fingerprint density at radius 1 is 1.20 bits per heavy atom. The van der Waals surface area contributed by atoms with E-state index in [1.54, 1.807) is 14.2 Å². The lowest BCUT2D eigenvalue weighted by Gasteiger charge is -2.25. The van der Waals surface area contributed by atoms with E-state index in [0.717, 1.165) is 37.8 Å². The van der Waals surface area contributed by atoms with E-state index in [1.165, 1.54) is 12.5 Å². The maximum atomic E-state index is 11.0. The Kier molecular flexibility index (Phi) is 10.7. The normalized spacial score (nSPS) is 13.0. The Hall–Kier alpha value is -0.653. The van der Waals surface area contributed by atoms with Crippen molar-refractivity contribution in [3.05, 3.63) is 12.7 Å². The summed E-state index contributed by atoms with van der Waals surface area (Å²) in [6, 6.07) is 2.05. The molecule has 0 rings (SSSR count). The molecule has 0 radical (unpaired) electrons. The molecule has 0 aliphatic heterocycles. The first kappa shape index (κ1) is 19.3. The molecule has 1 unspecified atom stereocenters. The minimum absolute atomic E-state index is 0.0254. The molecule has 0 spiro atoms. The van der Waals surface area contributed by atoms with Crippen molar-refractivity contribution in [2.45, 2.75) is 64.1 Å². The molecule has 0 saturated carbocycles. The van der Waals surface area contributed by atoms with E-state index in [1.807, 2.05) is 6.92 Å². The van der Waals surface area contributed by atoms with Crippen LogP contribution in [0.3, 0.4) is 0 Å². The first-order chi connectivity index (χ1) is 9.53. The van der Waals surface area contributed by atoms with Gasteiger partial charge in [-0.25, -0.2) is 4.79 Å². The molecule has 0 amide bonds. The minimum Gasteiger partial charge on any atom is -0.460 e. The highest BCUT2D eigenvalue weighted by Gasteiger charge is 2.32. The summed E-state index contributed by atoms with van der Waals surface area (Å²) in [4.78, 5) is 11.0. The van der Waals surface area contributed by atoms with Gasteiger partial charge in [-0.15, -0.1) is 0 Å². The van der Waals surface area contributed by atoms with Crippen molar-refractivity contribution >= 4 is 14.5 Å². The highest BCUT2D eigenvalue weighted by molar-refractivity contribution is 6.67. The largest absolute Gasteiger partial charge is 0.460 e. The van der Waals surface area contributed by atoms with E-state index in [4.69, 9.17) is 13.6 Å². The minimum atomic E-state index is -1.91. The van der Waals surface area contributed by atoms with E-state index in [0.29, 0.717) is 0 Å². The molecule has 4 nitrogen and oxygen atoms in total. The lowest BCUT2D eigenvalue weighted by molar-refractivity contribution is -0.142. The van der Waals surface area contributed by atoms with Crippen molar-refractivity contribution in [3.63, 3.8) is 0 Å². The Balaban J connectivity index is 3.67. The topological polar surface area (TPSA) is 44.8 Å². The van der Waals surface area contributed by atoms with Crippen molar-refractivity contribution in [2.24, 2.45) is 0 Å². The van der Waals surface area contributed by atoms with Crippen molar-refractivity contribution in [1.29, 1.82) is 0 Å². The lowest BCUT2D eigenvalue weighted by Crippen LogP contribution is -2.38. The smallest absolute Gasteiger partial charge is 0.337 e. The molecule has 0 aliphatic carbocycles. The maximum Gasteiger partial charge on any atom is 0.337 e. The van der Waals surface area contributed by atoms with Gasteiger partial charge in [-0.1, -0.05) is 32.8 Å². The molecular formula is C15H30O4Si. The standard InChI is InChI=1S/C15H30O4Si/c1-6-15(16)19-14(3)12-10-8-9-11-13-20(7-2,17-4)18-5/h6,14H,1,7-13H2,2-5H3. The number of carbonyl (C=O) groups is 1. The second-order valence-corrected chi connectivity index (χ2v) is 8.92. The van der Waals surface area contributed by atoms with Crippen LogP contribution in [0, 0.1) is 0 Å². The van der Waals surface area contributed by atoms with Gasteiger partial charge >= 0.3 is 14.5 Å². The van der Waals surface area contributed by atoms with Crippen LogP contribution in [0.1, 0.15) is 46.0 Å². The highest BCUT2D eigenvalue weighted by Crippen LogP contribution is 2.21. The van der Waals surface area contributed by atoms with Crippen LogP contribution in [-0.4, -0.2) is 34.9 Å². The highest BCUT2D eigenvalue weighted by atomic mass is 28.4. The number of carbonyl (C=O) groups excluding carboxylic acids is 1. The molecule has 5 heteroatoms. The first-order valence-electron chi connectivity index (χ1n) is 7.47. The fourth-order valence-electron chi connectivity index (χ4n) is 2.24. The fraction of sp³-hybridized carbons (Fsp3) is 0.800. The fourth-order valence-corrected chi connectivity index (χ4v) is 4.53. The quantitative estimate of drug-likeness (QED) is 0.238. The number of esters is 1. The summed E-state index contributed by atoms with van der Waals surface area (Å²) in [7, 11) is 1.61. The summed E-state index contributed by atoms with van der Waals surface area (Å²) < 4.78 is 16.3. The maximum absolute atomic E-state index is 11.0. The van der Waals surface area contributed by atoms with Gasteiger partial charge in [0.15, 0.2) is 0 Å². The summed E-state index contributed by atoms with van der Waals surface area (Å²) in [6.07, 6.45) is 6.63. The van der Waals surface area contributed by atoms with Crippen molar-refractivity contribution in [3.8, 4) is 0 Å². The zero-order valence-corrected chi connectivity index (χ0v) is 14.4. The SMILES string of the molecule is C=CC(=O)OC(C)CCCCCC[Si](CC)(OC)OC. The third kappa shape index (κ3) is 7.82. The molecule has 1 atom stereocenters. The van der Waals surface area contributed by atoms with Crippen LogP contribution in [0.4, 0.5) is 0 Å². The molecule has 0 aliphatic rings. The summed E-state index contributed by atoms with van der Waals surface area (Å²) in [5.74, 6) is -0.337. The number of rotatable bonds is 12. The summed E-state index contributed by atoms with van der Waals surface area (Å²) in [5.41, 5.74) is 0. The number of unbranched alkanes of at least 4 members (excludes halogenated alkanes) is 3. The van der Waals surface area contributed by atoms with Crippen molar-refractivity contribution in [1.82, 2.24) is 0 Å². The Labute approximate surface area is 124 Å². The molecule has 0 aromatic carbocycles. The molecule has 0 bridgehead atoms. The monoisotopic (exact) mass is 302 g/mol. The van der Waals surface area contributed by atoms with Gasteiger partial charge in [-0.2, -0.15) is 0 Å². The van der Waals surface area contributed by atoms with Crippen LogP contribution in [-0.2, 0) is 18.4 Å². The average molecular weight is 302 g/mol. The molecular weight excluding hydrogens is 272 g/mol. The van der Waals surface area contributed by atoms with E-state index < -0.39 is 8.56 Å². The van der Waals surface area contributed by atoms with Crippen LogP contribution in [0.5, 0.6) is 0 Å². The Morgan fingerprint density at radius 2 is 1.80 bits per heavy atom. The lowest BCUT2D eigenvalue weighted by atomic mass is 10.1. The van der Waals surface area contributed by atoms with Gasteiger partial charge in [0, 0.05) is 20.3 Å². The van der Waals surface area contributed by atoms with Gasteiger partial charge in [0.25, 0.3) is 0 Å². The molecule has 0 fully saturated rings.